The van der Waals surface area contributed by atoms with Crippen molar-refractivity contribution in [2.75, 3.05) is 13.2 Å². The van der Waals surface area contributed by atoms with Crippen LogP contribution in [0.2, 0.25) is 0 Å². The van der Waals surface area contributed by atoms with E-state index in [1.807, 2.05) is 30.3 Å². The summed E-state index contributed by atoms with van der Waals surface area (Å²) in [7, 11) is 0. The standard InChI is InChI=1S/C13H15NO3.C3H8/c1-2-5-13(6-3-1)16-9-4-8-15-11-12-7-10-17-14-12;1-3-2/h1-3,5-7,10H,4,8-9,11H2;3H2,1-2H3. The lowest BCUT2D eigenvalue weighted by atomic mass is 10.3. The predicted octanol–water partition coefficient (Wildman–Crippen LogP) is 4.08. The van der Waals surface area contributed by atoms with Gasteiger partial charge in [0, 0.05) is 12.5 Å². The number of benzene rings is 1. The van der Waals surface area contributed by atoms with Crippen molar-refractivity contribution in [3.63, 3.8) is 0 Å². The topological polar surface area (TPSA) is 44.5 Å². The number of rotatable bonds is 7. The Morgan fingerprint density at radius 2 is 1.80 bits per heavy atom. The third-order valence-corrected chi connectivity index (χ3v) is 2.19. The molecule has 1 aromatic carbocycles. The molecule has 0 atom stereocenters. The summed E-state index contributed by atoms with van der Waals surface area (Å²) in [5, 5.41) is 3.75. The number of hydrogen-bond donors (Lipinski definition) is 0. The molecule has 0 aliphatic rings. The fourth-order valence-corrected chi connectivity index (χ4v) is 1.36. The first-order valence-electron chi connectivity index (χ1n) is 7.01. The number of hydrogen-bond acceptors (Lipinski definition) is 4. The van der Waals surface area contributed by atoms with E-state index in [9.17, 15) is 0 Å². The Kier molecular flexibility index (Phi) is 8.98. The molecule has 0 N–H and O–H groups in total. The number of para-hydroxylation sites is 1. The van der Waals surface area contributed by atoms with E-state index in [-0.39, 0.29) is 0 Å². The minimum atomic E-state index is 0.488. The molecule has 110 valence electrons. The molecule has 0 fully saturated rings. The Labute approximate surface area is 120 Å². The molecular weight excluding hydrogens is 254 g/mol. The van der Waals surface area contributed by atoms with E-state index in [1.54, 1.807) is 6.07 Å². The third-order valence-electron chi connectivity index (χ3n) is 2.19. The molecule has 0 radical (unpaired) electrons. The zero-order valence-electron chi connectivity index (χ0n) is 12.2. The van der Waals surface area contributed by atoms with E-state index < -0.39 is 0 Å². The largest absolute Gasteiger partial charge is 0.494 e. The second-order valence-electron chi connectivity index (χ2n) is 4.27. The average Bonchev–Trinajstić information content (AvgIpc) is 2.98. The van der Waals surface area contributed by atoms with E-state index >= 15 is 0 Å². The first kappa shape index (κ1) is 16.2. The van der Waals surface area contributed by atoms with E-state index in [4.69, 9.17) is 14.0 Å². The highest BCUT2D eigenvalue weighted by atomic mass is 16.5. The van der Waals surface area contributed by atoms with Gasteiger partial charge in [-0.3, -0.25) is 0 Å². The Bertz CT molecular complexity index is 415. The molecular formula is C16H23NO3. The fourth-order valence-electron chi connectivity index (χ4n) is 1.36. The van der Waals surface area contributed by atoms with Crippen molar-refractivity contribution in [1.29, 1.82) is 0 Å². The van der Waals surface area contributed by atoms with E-state index in [0.29, 0.717) is 19.8 Å². The summed E-state index contributed by atoms with van der Waals surface area (Å²) in [6, 6.07) is 11.5. The van der Waals surface area contributed by atoms with Gasteiger partial charge >= 0.3 is 0 Å². The molecule has 1 heterocycles. The quantitative estimate of drug-likeness (QED) is 0.715. The highest BCUT2D eigenvalue weighted by molar-refractivity contribution is 5.20. The molecule has 20 heavy (non-hydrogen) atoms. The molecule has 0 saturated heterocycles. The van der Waals surface area contributed by atoms with Crippen LogP contribution in [0.1, 0.15) is 32.4 Å². The molecule has 0 bridgehead atoms. The molecule has 2 rings (SSSR count). The normalized spacial score (nSPS) is 9.70. The molecule has 0 aliphatic heterocycles. The maximum Gasteiger partial charge on any atom is 0.124 e. The first-order valence-corrected chi connectivity index (χ1v) is 7.01. The molecule has 4 heteroatoms. The van der Waals surface area contributed by atoms with Crippen LogP contribution in [0.3, 0.4) is 0 Å². The van der Waals surface area contributed by atoms with Gasteiger partial charge in [0.15, 0.2) is 0 Å². The maximum atomic E-state index is 5.53. The Hall–Kier alpha value is -1.81. The van der Waals surface area contributed by atoms with Crippen molar-refractivity contribution in [3.8, 4) is 5.75 Å². The van der Waals surface area contributed by atoms with Crippen LogP contribution >= 0.6 is 0 Å². The predicted molar refractivity (Wildman–Crippen MR) is 78.7 cm³/mol. The minimum Gasteiger partial charge on any atom is -0.494 e. The molecule has 0 amide bonds. The Morgan fingerprint density at radius 1 is 1.05 bits per heavy atom. The van der Waals surface area contributed by atoms with Crippen molar-refractivity contribution in [2.24, 2.45) is 0 Å². The molecule has 4 nitrogen and oxygen atoms in total. The Balaban J connectivity index is 0.000000612. The third kappa shape index (κ3) is 7.59. The number of aromatic nitrogens is 1. The van der Waals surface area contributed by atoms with E-state index in [0.717, 1.165) is 17.9 Å². The van der Waals surface area contributed by atoms with E-state index in [1.165, 1.54) is 12.7 Å². The van der Waals surface area contributed by atoms with Crippen molar-refractivity contribution < 1.29 is 14.0 Å². The van der Waals surface area contributed by atoms with Gasteiger partial charge in [-0.2, -0.15) is 0 Å². The van der Waals surface area contributed by atoms with Crippen LogP contribution in [-0.4, -0.2) is 18.4 Å². The number of ether oxygens (including phenoxy) is 2. The smallest absolute Gasteiger partial charge is 0.124 e. The second kappa shape index (κ2) is 11.1. The van der Waals surface area contributed by atoms with Crippen LogP contribution in [0.4, 0.5) is 0 Å². The van der Waals surface area contributed by atoms with Gasteiger partial charge in [0.05, 0.1) is 19.8 Å². The van der Waals surface area contributed by atoms with Gasteiger partial charge in [0.2, 0.25) is 0 Å². The van der Waals surface area contributed by atoms with Crippen LogP contribution < -0.4 is 4.74 Å². The number of nitrogens with zero attached hydrogens (tertiary/aromatic N) is 1. The van der Waals surface area contributed by atoms with Crippen LogP contribution in [0.25, 0.3) is 0 Å². The van der Waals surface area contributed by atoms with Gasteiger partial charge in [-0.15, -0.1) is 0 Å². The zero-order chi connectivity index (χ0) is 14.5. The lowest BCUT2D eigenvalue weighted by molar-refractivity contribution is 0.103. The van der Waals surface area contributed by atoms with Crippen LogP contribution in [0.15, 0.2) is 47.2 Å². The fraction of sp³-hybridized carbons (Fsp3) is 0.438. The van der Waals surface area contributed by atoms with Gasteiger partial charge < -0.3 is 14.0 Å². The summed E-state index contributed by atoms with van der Waals surface area (Å²) >= 11 is 0. The van der Waals surface area contributed by atoms with Gasteiger partial charge in [0.1, 0.15) is 17.7 Å². The maximum absolute atomic E-state index is 5.53. The van der Waals surface area contributed by atoms with Crippen LogP contribution in [0, 0.1) is 0 Å². The lowest BCUT2D eigenvalue weighted by Gasteiger charge is -2.05. The molecule has 0 spiro atoms. The summed E-state index contributed by atoms with van der Waals surface area (Å²) in [6.45, 7) is 6.05. The zero-order valence-corrected chi connectivity index (χ0v) is 12.2. The van der Waals surface area contributed by atoms with Crippen molar-refractivity contribution >= 4 is 0 Å². The lowest BCUT2D eigenvalue weighted by Crippen LogP contribution is -2.03. The molecule has 0 aliphatic carbocycles. The van der Waals surface area contributed by atoms with E-state index in [2.05, 4.69) is 19.0 Å². The van der Waals surface area contributed by atoms with Gasteiger partial charge in [0.25, 0.3) is 0 Å². The summed E-state index contributed by atoms with van der Waals surface area (Å²) in [5.41, 5.74) is 0.814. The summed E-state index contributed by atoms with van der Waals surface area (Å²) in [5.74, 6) is 0.893. The van der Waals surface area contributed by atoms with Gasteiger partial charge in [-0.1, -0.05) is 43.6 Å². The van der Waals surface area contributed by atoms with Crippen molar-refractivity contribution in [1.82, 2.24) is 5.16 Å². The Morgan fingerprint density at radius 3 is 2.45 bits per heavy atom. The molecule has 0 saturated carbocycles. The SMILES string of the molecule is CCC.c1ccc(OCCCOCc2ccon2)cc1. The minimum absolute atomic E-state index is 0.488. The van der Waals surface area contributed by atoms with Gasteiger partial charge in [-0.25, -0.2) is 0 Å². The molecule has 2 aromatic rings. The first-order chi connectivity index (χ1) is 9.86. The molecule has 1 aromatic heterocycles. The monoisotopic (exact) mass is 277 g/mol. The average molecular weight is 277 g/mol. The van der Waals surface area contributed by atoms with Gasteiger partial charge in [-0.05, 0) is 12.1 Å². The summed E-state index contributed by atoms with van der Waals surface area (Å²) in [4.78, 5) is 0. The second-order valence-corrected chi connectivity index (χ2v) is 4.27. The highest BCUT2D eigenvalue weighted by Gasteiger charge is 1.96. The van der Waals surface area contributed by atoms with Crippen molar-refractivity contribution in [2.45, 2.75) is 33.3 Å². The van der Waals surface area contributed by atoms with Crippen LogP contribution in [0.5, 0.6) is 5.75 Å². The van der Waals surface area contributed by atoms with Crippen LogP contribution in [-0.2, 0) is 11.3 Å². The summed E-state index contributed by atoms with van der Waals surface area (Å²) < 4.78 is 15.6. The van der Waals surface area contributed by atoms with Crippen molar-refractivity contribution in [3.05, 3.63) is 48.4 Å². The highest BCUT2D eigenvalue weighted by Crippen LogP contribution is 2.08. The molecule has 0 unspecified atom stereocenters. The summed E-state index contributed by atoms with van der Waals surface area (Å²) in [6.07, 6.45) is 3.64.